The molecule has 1 N–H and O–H groups in total. The molecule has 5 nitrogen and oxygen atoms in total. The van der Waals surface area contributed by atoms with Gasteiger partial charge in [-0.05, 0) is 23.8 Å². The Balaban J connectivity index is 1.56. The van der Waals surface area contributed by atoms with Crippen LogP contribution in [0.25, 0.3) is 0 Å². The Kier molecular flexibility index (Phi) is 4.84. The Hall–Kier alpha value is -2.76. The largest absolute Gasteiger partial charge is 0.352 e. The van der Waals surface area contributed by atoms with Crippen molar-refractivity contribution in [2.45, 2.75) is 19.5 Å². The number of benzene rings is 1. The molecule has 1 fully saturated rings. The van der Waals surface area contributed by atoms with Crippen LogP contribution in [-0.4, -0.2) is 28.2 Å². The average Bonchev–Trinajstić information content (AvgIpc) is 2.96. The van der Waals surface area contributed by atoms with Gasteiger partial charge < -0.3 is 10.2 Å². The van der Waals surface area contributed by atoms with E-state index in [2.05, 4.69) is 10.3 Å². The van der Waals surface area contributed by atoms with Crippen LogP contribution in [0.3, 0.4) is 0 Å². The molecule has 0 saturated carbocycles. The molecule has 1 atom stereocenters. The molecular formula is C18H18FN3O2. The predicted molar refractivity (Wildman–Crippen MR) is 86.0 cm³/mol. The van der Waals surface area contributed by atoms with E-state index in [0.717, 1.165) is 5.56 Å². The molecule has 1 aliphatic rings. The molecule has 2 aromatic rings. The summed E-state index contributed by atoms with van der Waals surface area (Å²) in [4.78, 5) is 29.8. The molecular weight excluding hydrogens is 309 g/mol. The van der Waals surface area contributed by atoms with Crippen molar-refractivity contribution in [3.63, 3.8) is 0 Å². The summed E-state index contributed by atoms with van der Waals surface area (Å²) in [5.74, 6) is -1.01. The van der Waals surface area contributed by atoms with Gasteiger partial charge in [0.25, 0.3) is 0 Å². The number of hydrogen-bond donors (Lipinski definition) is 1. The molecule has 0 spiro atoms. The topological polar surface area (TPSA) is 62.3 Å². The maximum atomic E-state index is 13.7. The fourth-order valence-corrected chi connectivity index (χ4v) is 2.77. The van der Waals surface area contributed by atoms with E-state index in [9.17, 15) is 14.0 Å². The minimum atomic E-state index is -0.397. The van der Waals surface area contributed by atoms with Crippen LogP contribution in [0.5, 0.6) is 0 Å². The minimum absolute atomic E-state index is 0.123. The number of likely N-dealkylation sites (tertiary alicyclic amines) is 1. The molecule has 24 heavy (non-hydrogen) atoms. The number of pyridine rings is 1. The lowest BCUT2D eigenvalue weighted by atomic mass is 10.1. The molecule has 1 aromatic heterocycles. The van der Waals surface area contributed by atoms with E-state index < -0.39 is 5.92 Å². The van der Waals surface area contributed by atoms with E-state index >= 15 is 0 Å². The van der Waals surface area contributed by atoms with Crippen LogP contribution in [-0.2, 0) is 22.7 Å². The Labute approximate surface area is 139 Å². The molecule has 1 saturated heterocycles. The predicted octanol–water partition coefficient (Wildman–Crippen LogP) is 1.89. The van der Waals surface area contributed by atoms with Gasteiger partial charge in [-0.3, -0.25) is 14.6 Å². The lowest BCUT2D eigenvalue weighted by Crippen LogP contribution is -2.32. The van der Waals surface area contributed by atoms with Gasteiger partial charge in [-0.2, -0.15) is 0 Å². The molecule has 2 heterocycles. The second kappa shape index (κ2) is 7.21. The van der Waals surface area contributed by atoms with Crippen LogP contribution in [0.2, 0.25) is 0 Å². The molecule has 1 unspecified atom stereocenters. The monoisotopic (exact) mass is 327 g/mol. The third-order valence-electron chi connectivity index (χ3n) is 4.12. The number of hydrogen-bond acceptors (Lipinski definition) is 3. The first-order valence-corrected chi connectivity index (χ1v) is 7.81. The van der Waals surface area contributed by atoms with Crippen molar-refractivity contribution in [2.24, 2.45) is 5.92 Å². The average molecular weight is 327 g/mol. The first-order chi connectivity index (χ1) is 11.6. The number of aromatic nitrogens is 1. The van der Waals surface area contributed by atoms with Crippen molar-refractivity contribution in [2.75, 3.05) is 6.54 Å². The fourth-order valence-electron chi connectivity index (χ4n) is 2.77. The van der Waals surface area contributed by atoms with Crippen molar-refractivity contribution in [1.29, 1.82) is 0 Å². The summed E-state index contributed by atoms with van der Waals surface area (Å²) < 4.78 is 13.7. The molecule has 2 amide bonds. The van der Waals surface area contributed by atoms with Crippen LogP contribution < -0.4 is 5.32 Å². The van der Waals surface area contributed by atoms with Gasteiger partial charge in [-0.25, -0.2) is 4.39 Å². The summed E-state index contributed by atoms with van der Waals surface area (Å²) in [6, 6.07) is 10.0. The molecule has 0 radical (unpaired) electrons. The number of carbonyl (C=O) groups excluding carboxylic acids is 2. The van der Waals surface area contributed by atoms with Crippen LogP contribution in [0, 0.1) is 11.7 Å². The number of nitrogens with one attached hydrogen (secondary N) is 1. The Morgan fingerprint density at radius 2 is 2.00 bits per heavy atom. The third kappa shape index (κ3) is 3.76. The van der Waals surface area contributed by atoms with Gasteiger partial charge in [-0.15, -0.1) is 0 Å². The van der Waals surface area contributed by atoms with Crippen molar-refractivity contribution in [3.8, 4) is 0 Å². The molecule has 1 aliphatic heterocycles. The summed E-state index contributed by atoms with van der Waals surface area (Å²) in [7, 11) is 0. The van der Waals surface area contributed by atoms with E-state index in [4.69, 9.17) is 0 Å². The fraction of sp³-hybridized carbons (Fsp3) is 0.278. The maximum absolute atomic E-state index is 13.7. The lowest BCUT2D eigenvalue weighted by Gasteiger charge is -2.17. The normalized spacial score (nSPS) is 17.1. The zero-order chi connectivity index (χ0) is 16.9. The Morgan fingerprint density at radius 1 is 1.25 bits per heavy atom. The third-order valence-corrected chi connectivity index (χ3v) is 4.12. The molecule has 6 heteroatoms. The highest BCUT2D eigenvalue weighted by Gasteiger charge is 2.34. The van der Waals surface area contributed by atoms with E-state index in [1.54, 1.807) is 30.6 Å². The zero-order valence-electron chi connectivity index (χ0n) is 13.1. The van der Waals surface area contributed by atoms with Gasteiger partial charge in [0.2, 0.25) is 11.8 Å². The summed E-state index contributed by atoms with van der Waals surface area (Å²) in [5, 5.41) is 2.84. The zero-order valence-corrected chi connectivity index (χ0v) is 13.1. The number of carbonyl (C=O) groups is 2. The molecule has 3 rings (SSSR count). The summed E-state index contributed by atoms with van der Waals surface area (Å²) in [5.41, 5.74) is 1.41. The van der Waals surface area contributed by atoms with Crippen LogP contribution >= 0.6 is 0 Å². The molecule has 0 aliphatic carbocycles. The lowest BCUT2D eigenvalue weighted by molar-refractivity contribution is -0.129. The van der Waals surface area contributed by atoms with Gasteiger partial charge in [0, 0.05) is 44.0 Å². The van der Waals surface area contributed by atoms with E-state index in [1.807, 2.05) is 12.1 Å². The van der Waals surface area contributed by atoms with Gasteiger partial charge in [0.05, 0.1) is 5.92 Å². The first-order valence-electron chi connectivity index (χ1n) is 7.81. The molecule has 1 aromatic carbocycles. The van der Waals surface area contributed by atoms with Gasteiger partial charge in [0.1, 0.15) is 5.82 Å². The summed E-state index contributed by atoms with van der Waals surface area (Å²) >= 11 is 0. The van der Waals surface area contributed by atoms with Gasteiger partial charge >= 0.3 is 0 Å². The van der Waals surface area contributed by atoms with Crippen molar-refractivity contribution < 1.29 is 14.0 Å². The van der Waals surface area contributed by atoms with E-state index in [0.29, 0.717) is 18.7 Å². The number of amides is 2. The maximum Gasteiger partial charge on any atom is 0.225 e. The highest BCUT2D eigenvalue weighted by molar-refractivity contribution is 5.89. The van der Waals surface area contributed by atoms with Crippen LogP contribution in [0.1, 0.15) is 17.5 Å². The van der Waals surface area contributed by atoms with Crippen molar-refractivity contribution in [1.82, 2.24) is 15.2 Å². The quantitative estimate of drug-likeness (QED) is 0.912. The molecule has 124 valence electrons. The summed E-state index contributed by atoms with van der Waals surface area (Å²) in [6.07, 6.45) is 3.49. The van der Waals surface area contributed by atoms with Crippen molar-refractivity contribution >= 4 is 11.8 Å². The highest BCUT2D eigenvalue weighted by Crippen LogP contribution is 2.21. The number of nitrogens with zero attached hydrogens (tertiary/aromatic N) is 2. The smallest absolute Gasteiger partial charge is 0.225 e. The van der Waals surface area contributed by atoms with Crippen LogP contribution in [0.4, 0.5) is 4.39 Å². The number of halogens is 1. The summed E-state index contributed by atoms with van der Waals surface area (Å²) in [6.45, 7) is 0.911. The van der Waals surface area contributed by atoms with Crippen LogP contribution in [0.15, 0.2) is 48.8 Å². The SMILES string of the molecule is O=C(NCc1ccncc1)C1CC(=O)N(Cc2ccccc2F)C1. The van der Waals surface area contributed by atoms with E-state index in [1.165, 1.54) is 11.0 Å². The van der Waals surface area contributed by atoms with Gasteiger partial charge in [-0.1, -0.05) is 18.2 Å². The highest BCUT2D eigenvalue weighted by atomic mass is 19.1. The Bertz CT molecular complexity index is 736. The van der Waals surface area contributed by atoms with E-state index in [-0.39, 0.29) is 30.6 Å². The Morgan fingerprint density at radius 3 is 2.75 bits per heavy atom. The number of rotatable bonds is 5. The standard InChI is InChI=1S/C18H18FN3O2/c19-16-4-2-1-3-14(16)11-22-12-15(9-17(22)23)18(24)21-10-13-5-7-20-8-6-13/h1-8,15H,9-12H2,(H,21,24). The second-order valence-electron chi connectivity index (χ2n) is 5.84. The first kappa shape index (κ1) is 16.1. The minimum Gasteiger partial charge on any atom is -0.352 e. The van der Waals surface area contributed by atoms with Gasteiger partial charge in [0.15, 0.2) is 0 Å². The second-order valence-corrected chi connectivity index (χ2v) is 5.84. The molecule has 0 bridgehead atoms. The van der Waals surface area contributed by atoms with Crippen molar-refractivity contribution in [3.05, 3.63) is 65.7 Å².